The molecule has 5 heteroatoms. The summed E-state index contributed by atoms with van der Waals surface area (Å²) < 4.78 is 2.75. The van der Waals surface area contributed by atoms with Gasteiger partial charge in [0, 0.05) is 28.7 Å². The van der Waals surface area contributed by atoms with E-state index in [0.29, 0.717) is 5.69 Å². The monoisotopic (exact) mass is 272 g/mol. The van der Waals surface area contributed by atoms with Crippen LogP contribution in [0.2, 0.25) is 0 Å². The van der Waals surface area contributed by atoms with Gasteiger partial charge in [0.25, 0.3) is 0 Å². The predicted molar refractivity (Wildman–Crippen MR) is 59.3 cm³/mol. The topological polar surface area (TPSA) is 38.0 Å². The number of aliphatic hydroxyl groups excluding tert-OH is 1. The van der Waals surface area contributed by atoms with Crippen molar-refractivity contribution in [1.29, 1.82) is 0 Å². The number of imidazole rings is 1. The summed E-state index contributed by atoms with van der Waals surface area (Å²) in [6, 6.07) is 0. The fourth-order valence-corrected chi connectivity index (χ4v) is 2.75. The van der Waals surface area contributed by atoms with Gasteiger partial charge < -0.3 is 9.67 Å². The van der Waals surface area contributed by atoms with Crippen LogP contribution in [0.3, 0.4) is 0 Å². The third-order valence-corrected chi connectivity index (χ3v) is 3.69. The van der Waals surface area contributed by atoms with E-state index in [1.54, 1.807) is 17.7 Å². The van der Waals surface area contributed by atoms with Gasteiger partial charge in [-0.2, -0.15) is 11.3 Å². The van der Waals surface area contributed by atoms with Crippen molar-refractivity contribution >= 4 is 27.3 Å². The molecule has 0 saturated carbocycles. The first-order valence-corrected chi connectivity index (χ1v) is 5.79. The summed E-state index contributed by atoms with van der Waals surface area (Å²) in [7, 11) is 1.88. The van der Waals surface area contributed by atoms with Crippen molar-refractivity contribution in [3.05, 3.63) is 39.0 Å². The number of thiophene rings is 1. The van der Waals surface area contributed by atoms with Crippen LogP contribution in [0.15, 0.2) is 27.8 Å². The number of halogens is 1. The molecule has 14 heavy (non-hydrogen) atoms. The summed E-state index contributed by atoms with van der Waals surface area (Å²) in [5.74, 6) is 0. The average Bonchev–Trinajstić information content (AvgIpc) is 2.73. The SMILES string of the molecule is Cn1cnc(C(O)c2cscc2Br)c1. The molecule has 2 aromatic heterocycles. The van der Waals surface area contributed by atoms with Crippen molar-refractivity contribution in [2.45, 2.75) is 6.10 Å². The highest BCUT2D eigenvalue weighted by molar-refractivity contribution is 9.10. The Bertz CT molecular complexity index is 437. The molecule has 3 nitrogen and oxygen atoms in total. The number of aromatic nitrogens is 2. The lowest BCUT2D eigenvalue weighted by molar-refractivity contribution is 0.215. The molecule has 2 heterocycles. The smallest absolute Gasteiger partial charge is 0.124 e. The highest BCUT2D eigenvalue weighted by atomic mass is 79.9. The molecular weight excluding hydrogens is 264 g/mol. The minimum atomic E-state index is -0.642. The molecule has 1 N–H and O–H groups in total. The molecule has 74 valence electrons. The van der Waals surface area contributed by atoms with E-state index in [9.17, 15) is 5.11 Å². The van der Waals surface area contributed by atoms with Crippen LogP contribution in [0.25, 0.3) is 0 Å². The molecule has 0 bridgehead atoms. The van der Waals surface area contributed by atoms with Gasteiger partial charge >= 0.3 is 0 Å². The predicted octanol–water partition coefficient (Wildman–Crippen LogP) is 2.33. The number of aliphatic hydroxyl groups is 1. The molecule has 0 aliphatic heterocycles. The highest BCUT2D eigenvalue weighted by Gasteiger charge is 2.16. The van der Waals surface area contributed by atoms with Gasteiger partial charge in [-0.3, -0.25) is 0 Å². The quantitative estimate of drug-likeness (QED) is 0.911. The fourth-order valence-electron chi connectivity index (χ4n) is 1.22. The van der Waals surface area contributed by atoms with Gasteiger partial charge in [0.2, 0.25) is 0 Å². The van der Waals surface area contributed by atoms with Crippen LogP contribution in [-0.4, -0.2) is 14.7 Å². The Balaban J connectivity index is 2.33. The second kappa shape index (κ2) is 3.84. The summed E-state index contributed by atoms with van der Waals surface area (Å²) >= 11 is 4.94. The number of aryl methyl sites for hydroxylation is 1. The van der Waals surface area contributed by atoms with Gasteiger partial charge in [0.15, 0.2) is 0 Å². The molecule has 0 spiro atoms. The maximum Gasteiger partial charge on any atom is 0.124 e. The Morgan fingerprint density at radius 2 is 2.36 bits per heavy atom. The van der Waals surface area contributed by atoms with Crippen LogP contribution in [0.4, 0.5) is 0 Å². The van der Waals surface area contributed by atoms with Crippen molar-refractivity contribution < 1.29 is 5.11 Å². The van der Waals surface area contributed by atoms with E-state index in [1.807, 2.05) is 28.6 Å². The van der Waals surface area contributed by atoms with Crippen molar-refractivity contribution in [2.24, 2.45) is 7.05 Å². The maximum atomic E-state index is 9.98. The van der Waals surface area contributed by atoms with Crippen molar-refractivity contribution in [2.75, 3.05) is 0 Å². The second-order valence-electron chi connectivity index (χ2n) is 3.04. The van der Waals surface area contributed by atoms with E-state index in [-0.39, 0.29) is 0 Å². The maximum absolute atomic E-state index is 9.98. The molecule has 1 unspecified atom stereocenters. The molecule has 0 fully saturated rings. The summed E-state index contributed by atoms with van der Waals surface area (Å²) in [5, 5.41) is 13.8. The van der Waals surface area contributed by atoms with Crippen LogP contribution in [0.5, 0.6) is 0 Å². The van der Waals surface area contributed by atoms with Crippen molar-refractivity contribution in [3.63, 3.8) is 0 Å². The lowest BCUT2D eigenvalue weighted by Gasteiger charge is -2.05. The van der Waals surface area contributed by atoms with Crippen LogP contribution in [0.1, 0.15) is 17.4 Å². The number of hydrogen-bond donors (Lipinski definition) is 1. The molecule has 0 aliphatic carbocycles. The van der Waals surface area contributed by atoms with Gasteiger partial charge in [0.1, 0.15) is 6.10 Å². The molecule has 2 rings (SSSR count). The molecule has 0 saturated heterocycles. The van der Waals surface area contributed by atoms with Crippen LogP contribution < -0.4 is 0 Å². The third-order valence-electron chi connectivity index (χ3n) is 1.94. The van der Waals surface area contributed by atoms with E-state index in [2.05, 4.69) is 20.9 Å². The van der Waals surface area contributed by atoms with Gasteiger partial charge in [-0.25, -0.2) is 4.98 Å². The first-order chi connectivity index (χ1) is 6.68. The number of rotatable bonds is 2. The minimum absolute atomic E-state index is 0.642. The van der Waals surface area contributed by atoms with E-state index in [4.69, 9.17) is 0 Å². The highest BCUT2D eigenvalue weighted by Crippen LogP contribution is 2.30. The van der Waals surface area contributed by atoms with Crippen molar-refractivity contribution in [3.8, 4) is 0 Å². The van der Waals surface area contributed by atoms with Gasteiger partial charge in [-0.15, -0.1) is 0 Å². The zero-order chi connectivity index (χ0) is 10.1. The first-order valence-electron chi connectivity index (χ1n) is 4.06. The van der Waals surface area contributed by atoms with Gasteiger partial charge in [0.05, 0.1) is 12.0 Å². The van der Waals surface area contributed by atoms with E-state index in [1.165, 1.54) is 0 Å². The molecule has 1 atom stereocenters. The van der Waals surface area contributed by atoms with Crippen molar-refractivity contribution in [1.82, 2.24) is 9.55 Å². The zero-order valence-corrected chi connectivity index (χ0v) is 9.92. The Morgan fingerprint density at radius 3 is 2.86 bits per heavy atom. The number of nitrogens with zero attached hydrogens (tertiary/aromatic N) is 2. The molecule has 0 aliphatic rings. The second-order valence-corrected chi connectivity index (χ2v) is 4.64. The van der Waals surface area contributed by atoms with E-state index in [0.717, 1.165) is 10.0 Å². The summed E-state index contributed by atoms with van der Waals surface area (Å²) in [5.41, 5.74) is 1.54. The molecule has 0 aromatic carbocycles. The third kappa shape index (κ3) is 1.75. The molecule has 0 amide bonds. The van der Waals surface area contributed by atoms with Gasteiger partial charge in [-0.1, -0.05) is 0 Å². The largest absolute Gasteiger partial charge is 0.382 e. The Hall–Kier alpha value is -0.650. The summed E-state index contributed by atoms with van der Waals surface area (Å²) in [6.07, 6.45) is 2.85. The number of hydrogen-bond acceptors (Lipinski definition) is 3. The minimum Gasteiger partial charge on any atom is -0.382 e. The average molecular weight is 273 g/mol. The van der Waals surface area contributed by atoms with E-state index >= 15 is 0 Å². The van der Waals surface area contributed by atoms with Crippen LogP contribution in [0, 0.1) is 0 Å². The fraction of sp³-hybridized carbons (Fsp3) is 0.222. The Labute approximate surface area is 94.2 Å². The normalized spacial score (nSPS) is 13.1. The van der Waals surface area contributed by atoms with Crippen LogP contribution >= 0.6 is 27.3 Å². The van der Waals surface area contributed by atoms with Crippen LogP contribution in [-0.2, 0) is 7.05 Å². The van der Waals surface area contributed by atoms with Gasteiger partial charge in [-0.05, 0) is 21.3 Å². The zero-order valence-electron chi connectivity index (χ0n) is 7.51. The molecular formula is C9H9BrN2OS. The first kappa shape index (κ1) is 9.89. The lowest BCUT2D eigenvalue weighted by Crippen LogP contribution is -1.98. The Morgan fingerprint density at radius 1 is 1.57 bits per heavy atom. The van der Waals surface area contributed by atoms with E-state index < -0.39 is 6.10 Å². The Kier molecular flexibility index (Phi) is 2.71. The standard InChI is InChI=1S/C9H9BrN2OS/c1-12-2-8(11-5-12)9(13)6-3-14-4-7(6)10/h2-5,9,13H,1H3. The summed E-state index contributed by atoms with van der Waals surface area (Å²) in [4.78, 5) is 4.11. The summed E-state index contributed by atoms with van der Waals surface area (Å²) in [6.45, 7) is 0. The lowest BCUT2D eigenvalue weighted by atomic mass is 10.1. The molecule has 2 aromatic rings. The molecule has 0 radical (unpaired) electrons.